The zero-order chi connectivity index (χ0) is 31.8. The summed E-state index contributed by atoms with van der Waals surface area (Å²) in [6, 6.07) is 6.04. The lowest BCUT2D eigenvalue weighted by Gasteiger charge is -2.21. The van der Waals surface area contributed by atoms with Crippen LogP contribution in [0.25, 0.3) is 22.3 Å². The van der Waals surface area contributed by atoms with E-state index in [9.17, 15) is 5.26 Å². The molecule has 2 aliphatic heterocycles. The molecule has 3 aromatic rings. The van der Waals surface area contributed by atoms with Crippen LogP contribution in [-0.2, 0) is 18.0 Å². The van der Waals surface area contributed by atoms with E-state index in [4.69, 9.17) is 15.5 Å². The average Bonchev–Trinajstić information content (AvgIpc) is 3.78. The van der Waals surface area contributed by atoms with Crippen molar-refractivity contribution in [3.8, 4) is 6.07 Å². The Bertz CT molecular complexity index is 1550. The number of unbranched alkanes of at least 4 members (excludes halogenated alkanes) is 1. The second kappa shape index (κ2) is 15.4. The molecule has 1 aromatic carbocycles. The number of thiophene rings is 1. The van der Waals surface area contributed by atoms with Gasteiger partial charge >= 0.3 is 0 Å². The maximum atomic E-state index is 16.8. The summed E-state index contributed by atoms with van der Waals surface area (Å²) in [5.74, 6) is 0.335. The molecule has 0 bridgehead atoms. The number of nitrogens with two attached hydrogens (primary N) is 1. The van der Waals surface area contributed by atoms with Crippen molar-refractivity contribution in [2.24, 2.45) is 5.92 Å². The molecule has 43 heavy (non-hydrogen) atoms. The Labute approximate surface area is 260 Å². The van der Waals surface area contributed by atoms with Gasteiger partial charge in [-0.05, 0) is 61.4 Å². The summed E-state index contributed by atoms with van der Waals surface area (Å²) in [4.78, 5) is 7.24. The quantitative estimate of drug-likeness (QED) is 0.301. The van der Waals surface area contributed by atoms with Crippen LogP contribution in [0.1, 0.15) is 114 Å². The van der Waals surface area contributed by atoms with Crippen molar-refractivity contribution in [1.29, 1.82) is 5.26 Å². The highest BCUT2D eigenvalue weighted by molar-refractivity contribution is 7.17. The number of rotatable bonds is 6. The highest BCUT2D eigenvalue weighted by Crippen LogP contribution is 2.47. The van der Waals surface area contributed by atoms with Crippen molar-refractivity contribution in [2.75, 3.05) is 23.7 Å². The number of hydrogen-bond donors (Lipinski definition) is 1. The molecular weight excluding hydrogens is 562 g/mol. The Morgan fingerprint density at radius 1 is 1.19 bits per heavy atom. The SMILES string of the molecule is C/C=C(/F)c1sc(N)c(C#N)c1/C(=C(\C)CC)c1c2c(c3ccc(N4CCC(C)C4)nc3c1F)COC2.CC.CCCC. The van der Waals surface area contributed by atoms with Gasteiger partial charge in [-0.15, -0.1) is 11.3 Å². The molecule has 1 atom stereocenters. The number of pyridine rings is 1. The molecule has 5 nitrogen and oxygen atoms in total. The number of hydrogen-bond acceptors (Lipinski definition) is 6. The van der Waals surface area contributed by atoms with Crippen molar-refractivity contribution in [1.82, 2.24) is 4.98 Å². The number of fused-ring (bicyclic) bond motifs is 3. The molecule has 1 saturated heterocycles. The summed E-state index contributed by atoms with van der Waals surface area (Å²) in [6.45, 7) is 18.3. The first-order valence-corrected chi connectivity index (χ1v) is 16.3. The molecule has 1 fully saturated rings. The molecule has 232 valence electrons. The highest BCUT2D eigenvalue weighted by atomic mass is 32.1. The van der Waals surface area contributed by atoms with Gasteiger partial charge in [0, 0.05) is 29.6 Å². The van der Waals surface area contributed by atoms with E-state index in [2.05, 4.69) is 31.7 Å². The minimum Gasteiger partial charge on any atom is -0.389 e. The van der Waals surface area contributed by atoms with E-state index in [1.165, 1.54) is 18.9 Å². The first-order chi connectivity index (χ1) is 20.7. The third-order valence-corrected chi connectivity index (χ3v) is 9.04. The van der Waals surface area contributed by atoms with Crippen molar-refractivity contribution >= 4 is 44.5 Å². The van der Waals surface area contributed by atoms with Crippen LogP contribution < -0.4 is 10.6 Å². The van der Waals surface area contributed by atoms with Crippen LogP contribution >= 0.6 is 11.3 Å². The summed E-state index contributed by atoms with van der Waals surface area (Å²) < 4.78 is 37.7. The van der Waals surface area contributed by atoms with E-state index in [1.807, 2.05) is 39.8 Å². The summed E-state index contributed by atoms with van der Waals surface area (Å²) in [5.41, 5.74) is 10.2. The van der Waals surface area contributed by atoms with Crippen LogP contribution in [0.3, 0.4) is 0 Å². The van der Waals surface area contributed by atoms with Gasteiger partial charge in [0.15, 0.2) is 5.82 Å². The molecule has 8 heteroatoms. The Morgan fingerprint density at radius 3 is 2.42 bits per heavy atom. The topological polar surface area (TPSA) is 75.2 Å². The Morgan fingerprint density at radius 2 is 1.86 bits per heavy atom. The average molecular weight is 609 g/mol. The minimum absolute atomic E-state index is 0.166. The third-order valence-electron chi connectivity index (χ3n) is 8.01. The Balaban J connectivity index is 0.000000780. The van der Waals surface area contributed by atoms with Crippen molar-refractivity contribution in [3.63, 3.8) is 0 Å². The van der Waals surface area contributed by atoms with Crippen molar-refractivity contribution in [3.05, 3.63) is 62.3 Å². The lowest BCUT2D eigenvalue weighted by Crippen LogP contribution is -2.20. The second-order valence-electron chi connectivity index (χ2n) is 10.8. The summed E-state index contributed by atoms with van der Waals surface area (Å²) in [7, 11) is 0. The molecule has 2 aliphatic rings. The lowest BCUT2D eigenvalue weighted by atomic mass is 9.85. The molecular formula is C35H46F2N4OS. The van der Waals surface area contributed by atoms with Gasteiger partial charge in [0.05, 0.1) is 23.7 Å². The maximum Gasteiger partial charge on any atom is 0.157 e. The molecule has 0 spiro atoms. The molecule has 2 aromatic heterocycles. The number of nitriles is 1. The Hall–Kier alpha value is -3.28. The molecule has 4 heterocycles. The van der Waals surface area contributed by atoms with Gasteiger partial charge in [-0.3, -0.25) is 0 Å². The van der Waals surface area contributed by atoms with E-state index >= 15 is 8.78 Å². The van der Waals surface area contributed by atoms with Gasteiger partial charge in [-0.1, -0.05) is 66.0 Å². The van der Waals surface area contributed by atoms with E-state index in [-0.39, 0.29) is 27.6 Å². The molecule has 0 aliphatic carbocycles. The number of allylic oxidation sites excluding steroid dienone is 2. The van der Waals surface area contributed by atoms with Crippen LogP contribution in [-0.4, -0.2) is 18.1 Å². The monoisotopic (exact) mass is 608 g/mol. The predicted octanol–water partition coefficient (Wildman–Crippen LogP) is 10.2. The zero-order valence-electron chi connectivity index (χ0n) is 27.0. The van der Waals surface area contributed by atoms with Crippen molar-refractivity contribution < 1.29 is 13.5 Å². The fraction of sp³-hybridized carbons (Fsp3) is 0.486. The smallest absolute Gasteiger partial charge is 0.157 e. The van der Waals surface area contributed by atoms with Crippen molar-refractivity contribution in [2.45, 2.75) is 94.3 Å². The fourth-order valence-electron chi connectivity index (χ4n) is 5.41. The second-order valence-corrected chi connectivity index (χ2v) is 11.9. The number of aromatic nitrogens is 1. The summed E-state index contributed by atoms with van der Waals surface area (Å²) >= 11 is 1.01. The van der Waals surface area contributed by atoms with Crippen LogP contribution in [0.4, 0.5) is 19.6 Å². The number of halogens is 2. The summed E-state index contributed by atoms with van der Waals surface area (Å²) in [5, 5.41) is 10.9. The number of nitrogens with zero attached hydrogens (tertiary/aromatic N) is 3. The molecule has 2 N–H and O–H groups in total. The first kappa shape index (κ1) is 34.2. The normalized spacial score (nSPS) is 16.6. The lowest BCUT2D eigenvalue weighted by molar-refractivity contribution is 0.135. The van der Waals surface area contributed by atoms with E-state index < -0.39 is 11.6 Å². The van der Waals surface area contributed by atoms with Crippen LogP contribution in [0.2, 0.25) is 0 Å². The maximum absolute atomic E-state index is 16.8. The number of benzene rings is 1. The van der Waals surface area contributed by atoms with Gasteiger partial charge in [-0.2, -0.15) is 5.26 Å². The van der Waals surface area contributed by atoms with Crippen LogP contribution in [0.5, 0.6) is 0 Å². The first-order valence-electron chi connectivity index (χ1n) is 15.5. The fourth-order valence-corrected chi connectivity index (χ4v) is 6.40. The zero-order valence-corrected chi connectivity index (χ0v) is 27.8. The molecule has 0 saturated carbocycles. The largest absolute Gasteiger partial charge is 0.389 e. The van der Waals surface area contributed by atoms with Gasteiger partial charge < -0.3 is 15.4 Å². The van der Waals surface area contributed by atoms with Gasteiger partial charge in [0.2, 0.25) is 0 Å². The molecule has 1 unspecified atom stereocenters. The molecule has 0 amide bonds. The predicted molar refractivity (Wildman–Crippen MR) is 178 cm³/mol. The van der Waals surface area contributed by atoms with Crippen LogP contribution in [0, 0.1) is 23.1 Å². The molecule has 0 radical (unpaired) electrons. The Kier molecular flexibility index (Phi) is 12.3. The molecule has 5 rings (SSSR count). The number of ether oxygens (including phenoxy) is 1. The third kappa shape index (κ3) is 6.78. The van der Waals surface area contributed by atoms with Gasteiger partial charge in [0.25, 0.3) is 0 Å². The number of anilines is 2. The van der Waals surface area contributed by atoms with Gasteiger partial charge in [-0.25, -0.2) is 13.8 Å². The highest BCUT2D eigenvalue weighted by Gasteiger charge is 2.32. The van der Waals surface area contributed by atoms with Gasteiger partial charge in [0.1, 0.15) is 28.2 Å². The van der Waals surface area contributed by atoms with E-state index in [0.717, 1.165) is 58.8 Å². The summed E-state index contributed by atoms with van der Waals surface area (Å²) in [6.07, 6.45) is 5.63. The van der Waals surface area contributed by atoms with E-state index in [0.29, 0.717) is 35.6 Å². The minimum atomic E-state index is -0.493. The van der Waals surface area contributed by atoms with Crippen LogP contribution in [0.15, 0.2) is 23.8 Å². The standard InChI is InChI=1S/C29H30F2N4OS.C4H10.C2H6/c1-5-16(4)23(25-18(11-32)29(33)37-28(25)21(30)6-2)24-20-14-36-13-19(20)17-7-8-22(34-27(17)26(24)31)35-10-9-15(3)12-35;1-3-4-2;1-2/h6-8,15H,5,9-10,12-14,33H2,1-4H3;3-4H2,1-2H3;1-2H3/b21-6+,23-16+;;. The van der Waals surface area contributed by atoms with E-state index in [1.54, 1.807) is 6.92 Å². The number of nitrogen functional groups attached to an aromatic ring is 1.